The number of hydrogen-bond acceptors (Lipinski definition) is 2. The number of rotatable bonds is 4. The first kappa shape index (κ1) is 14.4. The van der Waals surface area contributed by atoms with Crippen LogP contribution in [0.4, 0.5) is 0 Å². The fourth-order valence-electron chi connectivity index (χ4n) is 3.29. The summed E-state index contributed by atoms with van der Waals surface area (Å²) in [7, 11) is 0. The quantitative estimate of drug-likeness (QED) is 0.761. The Morgan fingerprint density at radius 3 is 2.41 bits per heavy atom. The molecule has 0 amide bonds. The van der Waals surface area contributed by atoms with Crippen LogP contribution in [0.5, 0.6) is 0 Å². The minimum Gasteiger partial charge on any atom is -0.390 e. The maximum absolute atomic E-state index is 11.2. The van der Waals surface area contributed by atoms with Crippen molar-refractivity contribution in [2.75, 3.05) is 0 Å². The van der Waals surface area contributed by atoms with Crippen molar-refractivity contribution in [2.45, 2.75) is 65.4 Å². The number of carbonyl (C=O) groups is 1. The summed E-state index contributed by atoms with van der Waals surface area (Å²) in [4.78, 5) is 11.2. The Morgan fingerprint density at radius 1 is 1.35 bits per heavy atom. The van der Waals surface area contributed by atoms with Gasteiger partial charge in [-0.25, -0.2) is 0 Å². The summed E-state index contributed by atoms with van der Waals surface area (Å²) in [5, 5.41) is 10.5. The van der Waals surface area contributed by atoms with E-state index in [9.17, 15) is 9.90 Å². The van der Waals surface area contributed by atoms with Crippen LogP contribution in [-0.4, -0.2) is 16.5 Å². The highest BCUT2D eigenvalue weighted by Gasteiger charge is 2.44. The van der Waals surface area contributed by atoms with Crippen molar-refractivity contribution in [3.05, 3.63) is 12.2 Å². The lowest BCUT2D eigenvalue weighted by atomic mass is 9.60. The number of hydrogen-bond donors (Lipinski definition) is 1. The van der Waals surface area contributed by atoms with Gasteiger partial charge in [-0.05, 0) is 56.4 Å². The topological polar surface area (TPSA) is 37.3 Å². The number of Topliss-reactive ketones (excluding diaryl/α,β-unsaturated/α-hetero) is 1. The Labute approximate surface area is 105 Å². The summed E-state index contributed by atoms with van der Waals surface area (Å²) >= 11 is 0. The third kappa shape index (κ3) is 3.41. The molecule has 2 nitrogen and oxygen atoms in total. The number of ketones is 1. The van der Waals surface area contributed by atoms with Crippen molar-refractivity contribution in [2.24, 2.45) is 11.3 Å². The van der Waals surface area contributed by atoms with Crippen LogP contribution in [0.1, 0.15) is 59.8 Å². The minimum absolute atomic E-state index is 0.0678. The van der Waals surface area contributed by atoms with Crippen LogP contribution in [-0.2, 0) is 4.79 Å². The van der Waals surface area contributed by atoms with Crippen molar-refractivity contribution < 1.29 is 9.90 Å². The van der Waals surface area contributed by atoms with E-state index in [1.807, 2.05) is 6.92 Å². The fourth-order valence-corrected chi connectivity index (χ4v) is 3.29. The molecule has 0 spiro atoms. The summed E-state index contributed by atoms with van der Waals surface area (Å²) in [5.74, 6) is 0.318. The molecule has 1 rings (SSSR count). The summed E-state index contributed by atoms with van der Waals surface area (Å²) in [6.07, 6.45) is 4.68. The molecule has 0 bridgehead atoms. The van der Waals surface area contributed by atoms with Gasteiger partial charge in [0, 0.05) is 0 Å². The lowest BCUT2D eigenvalue weighted by molar-refractivity contribution is -0.114. The molecule has 0 heterocycles. The van der Waals surface area contributed by atoms with Gasteiger partial charge in [0.05, 0.1) is 5.60 Å². The second-order valence-corrected chi connectivity index (χ2v) is 6.45. The molecule has 2 atom stereocenters. The first-order chi connectivity index (χ1) is 7.67. The van der Waals surface area contributed by atoms with E-state index in [2.05, 4.69) is 20.4 Å². The lowest BCUT2D eigenvalue weighted by Crippen LogP contribution is -2.47. The van der Waals surface area contributed by atoms with Gasteiger partial charge in [-0.2, -0.15) is 0 Å². The van der Waals surface area contributed by atoms with Gasteiger partial charge < -0.3 is 5.11 Å². The molecule has 0 aromatic carbocycles. The molecule has 0 saturated heterocycles. The Morgan fingerprint density at radius 2 is 1.94 bits per heavy atom. The second-order valence-electron chi connectivity index (χ2n) is 6.45. The predicted molar refractivity (Wildman–Crippen MR) is 70.8 cm³/mol. The van der Waals surface area contributed by atoms with Crippen LogP contribution in [0.15, 0.2) is 12.2 Å². The number of aliphatic hydroxyl groups is 1. The molecular formula is C15H26O2. The minimum atomic E-state index is -0.598. The van der Waals surface area contributed by atoms with Gasteiger partial charge in [0.1, 0.15) is 0 Å². The van der Waals surface area contributed by atoms with Crippen LogP contribution >= 0.6 is 0 Å². The van der Waals surface area contributed by atoms with E-state index in [4.69, 9.17) is 0 Å². The van der Waals surface area contributed by atoms with Gasteiger partial charge in [-0.1, -0.05) is 26.8 Å². The van der Waals surface area contributed by atoms with Crippen LogP contribution in [0, 0.1) is 11.3 Å². The highest BCUT2D eigenvalue weighted by atomic mass is 16.3. The van der Waals surface area contributed by atoms with Gasteiger partial charge in [-0.3, -0.25) is 4.79 Å². The molecule has 1 aliphatic carbocycles. The highest BCUT2D eigenvalue weighted by molar-refractivity contribution is 5.92. The zero-order chi connectivity index (χ0) is 13.3. The second kappa shape index (κ2) is 4.93. The summed E-state index contributed by atoms with van der Waals surface area (Å²) in [6, 6.07) is 0. The van der Waals surface area contributed by atoms with Crippen LogP contribution in [0.2, 0.25) is 0 Å². The molecule has 0 aromatic heterocycles. The van der Waals surface area contributed by atoms with E-state index in [-0.39, 0.29) is 17.1 Å². The van der Waals surface area contributed by atoms with Gasteiger partial charge in [0.25, 0.3) is 0 Å². The SMILES string of the molecule is C=C(CC[C@H]1C(C)(C)CCC[C@]1(C)O)C(C)=O. The van der Waals surface area contributed by atoms with Crippen molar-refractivity contribution in [1.29, 1.82) is 0 Å². The molecule has 1 saturated carbocycles. The van der Waals surface area contributed by atoms with Gasteiger partial charge >= 0.3 is 0 Å². The molecule has 0 aromatic rings. The van der Waals surface area contributed by atoms with Crippen molar-refractivity contribution in [1.82, 2.24) is 0 Å². The van der Waals surface area contributed by atoms with Crippen LogP contribution in [0.25, 0.3) is 0 Å². The molecular weight excluding hydrogens is 212 g/mol. The highest BCUT2D eigenvalue weighted by Crippen LogP contribution is 2.48. The maximum atomic E-state index is 11.2. The van der Waals surface area contributed by atoms with Gasteiger partial charge in [0.2, 0.25) is 0 Å². The first-order valence-electron chi connectivity index (χ1n) is 6.58. The lowest BCUT2D eigenvalue weighted by Gasteiger charge is -2.48. The van der Waals surface area contributed by atoms with E-state index in [1.54, 1.807) is 6.92 Å². The fraction of sp³-hybridized carbons (Fsp3) is 0.800. The summed E-state index contributed by atoms with van der Waals surface area (Å²) in [5.41, 5.74) is 0.236. The molecule has 1 N–H and O–H groups in total. The molecule has 0 unspecified atom stereocenters. The Kier molecular flexibility index (Phi) is 4.19. The molecule has 0 radical (unpaired) electrons. The molecule has 2 heteroatoms. The van der Waals surface area contributed by atoms with E-state index in [1.165, 1.54) is 0 Å². The van der Waals surface area contributed by atoms with Crippen molar-refractivity contribution >= 4 is 5.78 Å². The zero-order valence-electron chi connectivity index (χ0n) is 11.7. The number of carbonyl (C=O) groups excluding carboxylic acids is 1. The Bertz CT molecular complexity index is 297. The zero-order valence-corrected chi connectivity index (χ0v) is 11.7. The monoisotopic (exact) mass is 238 g/mol. The smallest absolute Gasteiger partial charge is 0.155 e. The molecule has 1 aliphatic rings. The summed E-state index contributed by atoms with van der Waals surface area (Å²) < 4.78 is 0. The third-order valence-electron chi connectivity index (χ3n) is 4.43. The molecule has 98 valence electrons. The van der Waals surface area contributed by atoms with E-state index in [0.29, 0.717) is 12.0 Å². The average Bonchev–Trinajstić information content (AvgIpc) is 2.14. The Hall–Kier alpha value is -0.630. The largest absolute Gasteiger partial charge is 0.390 e. The van der Waals surface area contributed by atoms with Crippen LogP contribution < -0.4 is 0 Å². The van der Waals surface area contributed by atoms with Gasteiger partial charge in [-0.15, -0.1) is 0 Å². The maximum Gasteiger partial charge on any atom is 0.155 e. The van der Waals surface area contributed by atoms with Crippen LogP contribution in [0.3, 0.4) is 0 Å². The number of allylic oxidation sites excluding steroid dienone is 1. The molecule has 17 heavy (non-hydrogen) atoms. The summed E-state index contributed by atoms with van der Waals surface area (Å²) in [6.45, 7) is 11.8. The van der Waals surface area contributed by atoms with Crippen molar-refractivity contribution in [3.8, 4) is 0 Å². The normalized spacial score (nSPS) is 32.2. The molecule has 1 fully saturated rings. The van der Waals surface area contributed by atoms with E-state index < -0.39 is 5.60 Å². The average molecular weight is 238 g/mol. The Balaban J connectivity index is 2.71. The predicted octanol–water partition coefficient (Wildman–Crippen LogP) is 3.49. The first-order valence-corrected chi connectivity index (χ1v) is 6.58. The molecule has 0 aliphatic heterocycles. The van der Waals surface area contributed by atoms with E-state index in [0.717, 1.165) is 25.7 Å². The van der Waals surface area contributed by atoms with Crippen molar-refractivity contribution in [3.63, 3.8) is 0 Å². The van der Waals surface area contributed by atoms with Gasteiger partial charge in [0.15, 0.2) is 5.78 Å². The standard InChI is InChI=1S/C15H26O2/c1-11(12(2)16)7-8-13-14(3,4)9-6-10-15(13,5)17/h13,17H,1,6-10H2,2-5H3/t13-,15-/m0/s1. The van der Waals surface area contributed by atoms with E-state index >= 15 is 0 Å². The third-order valence-corrected chi connectivity index (χ3v) is 4.43.